The molecular formula is C18H17FN4O2. The summed E-state index contributed by atoms with van der Waals surface area (Å²) in [6, 6.07) is 8.12. The lowest BCUT2D eigenvalue weighted by Gasteiger charge is -2.35. The summed E-state index contributed by atoms with van der Waals surface area (Å²) < 4.78 is 19.3. The third-order valence-corrected chi connectivity index (χ3v) is 4.72. The molecule has 0 spiro atoms. The summed E-state index contributed by atoms with van der Waals surface area (Å²) in [7, 11) is 0. The zero-order chi connectivity index (χ0) is 17.4. The van der Waals surface area contributed by atoms with Crippen molar-refractivity contribution in [2.45, 2.75) is 18.8 Å². The van der Waals surface area contributed by atoms with Crippen molar-refractivity contribution in [3.8, 4) is 6.07 Å². The second-order valence-corrected chi connectivity index (χ2v) is 6.45. The highest BCUT2D eigenvalue weighted by molar-refractivity contribution is 5.91. The summed E-state index contributed by atoms with van der Waals surface area (Å²) >= 11 is 0. The zero-order valence-corrected chi connectivity index (χ0v) is 13.6. The molecule has 7 heteroatoms. The first-order valence-corrected chi connectivity index (χ1v) is 8.36. The van der Waals surface area contributed by atoms with Gasteiger partial charge in [0.25, 0.3) is 5.91 Å². The fraction of sp³-hybridized carbons (Fsp3) is 0.389. The Morgan fingerprint density at radius 2 is 2.00 bits per heavy atom. The van der Waals surface area contributed by atoms with Crippen LogP contribution in [0.15, 0.2) is 28.8 Å². The average Bonchev–Trinajstić information content (AvgIpc) is 3.38. The van der Waals surface area contributed by atoms with Crippen molar-refractivity contribution in [1.82, 2.24) is 10.1 Å². The van der Waals surface area contributed by atoms with Gasteiger partial charge in [0.15, 0.2) is 0 Å². The number of amides is 1. The highest BCUT2D eigenvalue weighted by Crippen LogP contribution is 2.39. The first kappa shape index (κ1) is 15.6. The molecule has 25 heavy (non-hydrogen) atoms. The number of carbonyl (C=O) groups excluding carboxylic acids is 1. The Kier molecular flexibility index (Phi) is 3.88. The van der Waals surface area contributed by atoms with Gasteiger partial charge in [0.1, 0.15) is 5.82 Å². The number of hydrogen-bond acceptors (Lipinski definition) is 5. The molecule has 128 valence electrons. The fourth-order valence-electron chi connectivity index (χ4n) is 3.10. The molecule has 0 N–H and O–H groups in total. The maximum atomic E-state index is 14.1. The maximum Gasteiger partial charge on any atom is 0.292 e. The lowest BCUT2D eigenvalue weighted by atomic mass is 10.1. The van der Waals surface area contributed by atoms with Crippen molar-refractivity contribution in [3.63, 3.8) is 0 Å². The summed E-state index contributed by atoms with van der Waals surface area (Å²) in [4.78, 5) is 16.1. The first-order chi connectivity index (χ1) is 12.2. The van der Waals surface area contributed by atoms with E-state index < -0.39 is 5.82 Å². The number of carbonyl (C=O) groups is 1. The molecule has 6 nitrogen and oxygen atoms in total. The van der Waals surface area contributed by atoms with E-state index in [2.05, 4.69) is 5.16 Å². The van der Waals surface area contributed by atoms with Gasteiger partial charge < -0.3 is 14.3 Å². The SMILES string of the molecule is N#Cc1ccc(N2CCN(C(=O)c3cc(C4CC4)no3)CC2)c(F)c1. The lowest BCUT2D eigenvalue weighted by Crippen LogP contribution is -2.49. The largest absolute Gasteiger partial charge is 0.366 e. The Morgan fingerprint density at radius 1 is 1.24 bits per heavy atom. The Labute approximate surface area is 144 Å². The van der Waals surface area contributed by atoms with E-state index in [1.165, 1.54) is 6.07 Å². The van der Waals surface area contributed by atoms with Crippen LogP contribution in [0.4, 0.5) is 10.1 Å². The van der Waals surface area contributed by atoms with Crippen molar-refractivity contribution >= 4 is 11.6 Å². The molecule has 1 aliphatic heterocycles. The second kappa shape index (κ2) is 6.20. The van der Waals surface area contributed by atoms with Crippen LogP contribution in [0.3, 0.4) is 0 Å². The molecule has 2 aromatic rings. The minimum absolute atomic E-state index is 0.167. The van der Waals surface area contributed by atoms with Crippen LogP contribution >= 0.6 is 0 Å². The van der Waals surface area contributed by atoms with Gasteiger partial charge in [0.2, 0.25) is 5.76 Å². The molecule has 1 amide bonds. The Hall–Kier alpha value is -2.88. The minimum Gasteiger partial charge on any atom is -0.366 e. The number of piperazine rings is 1. The molecule has 0 atom stereocenters. The standard InChI is InChI=1S/C18H17FN4O2/c19-14-9-12(11-20)1-4-16(14)22-5-7-23(8-6-22)18(24)17-10-15(21-25-17)13-2-3-13/h1,4,9-10,13H,2-3,5-8H2. The fourth-order valence-corrected chi connectivity index (χ4v) is 3.10. The normalized spacial score (nSPS) is 17.4. The highest BCUT2D eigenvalue weighted by Gasteiger charge is 2.30. The molecule has 1 saturated carbocycles. The third-order valence-electron chi connectivity index (χ3n) is 4.72. The number of aromatic nitrogens is 1. The monoisotopic (exact) mass is 340 g/mol. The predicted octanol–water partition coefficient (Wildman–Crippen LogP) is 2.53. The molecule has 2 heterocycles. The number of hydrogen-bond donors (Lipinski definition) is 0. The Bertz CT molecular complexity index is 845. The molecule has 2 fully saturated rings. The van der Waals surface area contributed by atoms with E-state index in [9.17, 15) is 9.18 Å². The summed E-state index contributed by atoms with van der Waals surface area (Å²) in [5.74, 6) is 0.142. The molecule has 1 saturated heterocycles. The van der Waals surface area contributed by atoms with Crippen molar-refractivity contribution in [1.29, 1.82) is 5.26 Å². The number of benzene rings is 1. The van der Waals surface area contributed by atoms with Gasteiger partial charge in [0.05, 0.1) is 23.0 Å². The van der Waals surface area contributed by atoms with Crippen LogP contribution in [0, 0.1) is 17.1 Å². The van der Waals surface area contributed by atoms with Crippen LogP contribution in [0.5, 0.6) is 0 Å². The van der Waals surface area contributed by atoms with Gasteiger partial charge in [-0.05, 0) is 31.0 Å². The van der Waals surface area contributed by atoms with Crippen molar-refractivity contribution < 1.29 is 13.7 Å². The second-order valence-electron chi connectivity index (χ2n) is 6.45. The molecule has 2 aliphatic rings. The maximum absolute atomic E-state index is 14.1. The number of halogens is 1. The minimum atomic E-state index is -0.414. The van der Waals surface area contributed by atoms with Gasteiger partial charge in [-0.3, -0.25) is 4.79 Å². The van der Waals surface area contributed by atoms with Gasteiger partial charge in [-0.25, -0.2) is 4.39 Å². The molecule has 1 aliphatic carbocycles. The number of nitrogens with zero attached hydrogens (tertiary/aromatic N) is 4. The molecule has 1 aromatic heterocycles. The van der Waals surface area contributed by atoms with Crippen LogP contribution in [-0.4, -0.2) is 42.1 Å². The molecule has 0 bridgehead atoms. The Morgan fingerprint density at radius 3 is 2.64 bits per heavy atom. The van der Waals surface area contributed by atoms with E-state index in [0.717, 1.165) is 18.5 Å². The van der Waals surface area contributed by atoms with E-state index in [1.807, 2.05) is 11.0 Å². The Balaban J connectivity index is 1.40. The number of anilines is 1. The lowest BCUT2D eigenvalue weighted by molar-refractivity contribution is 0.0704. The van der Waals surface area contributed by atoms with E-state index >= 15 is 0 Å². The van der Waals surface area contributed by atoms with Gasteiger partial charge in [0, 0.05) is 38.2 Å². The summed E-state index contributed by atoms with van der Waals surface area (Å²) in [6.07, 6.45) is 2.21. The molecule has 0 radical (unpaired) electrons. The van der Waals surface area contributed by atoms with Gasteiger partial charge >= 0.3 is 0 Å². The van der Waals surface area contributed by atoms with Gasteiger partial charge in [-0.1, -0.05) is 5.16 Å². The number of nitriles is 1. The number of rotatable bonds is 3. The predicted molar refractivity (Wildman–Crippen MR) is 87.7 cm³/mol. The highest BCUT2D eigenvalue weighted by atomic mass is 19.1. The van der Waals surface area contributed by atoms with Gasteiger partial charge in [-0.2, -0.15) is 5.26 Å². The summed E-state index contributed by atoms with van der Waals surface area (Å²) in [5, 5.41) is 12.8. The zero-order valence-electron chi connectivity index (χ0n) is 13.6. The third kappa shape index (κ3) is 3.07. The molecular weight excluding hydrogens is 323 g/mol. The van der Waals surface area contributed by atoms with E-state index in [1.54, 1.807) is 23.1 Å². The summed E-state index contributed by atoms with van der Waals surface area (Å²) in [6.45, 7) is 2.02. The van der Waals surface area contributed by atoms with Crippen molar-refractivity contribution in [3.05, 3.63) is 47.1 Å². The van der Waals surface area contributed by atoms with E-state index in [4.69, 9.17) is 9.78 Å². The van der Waals surface area contributed by atoms with Crippen LogP contribution in [-0.2, 0) is 0 Å². The topological polar surface area (TPSA) is 73.4 Å². The molecule has 4 rings (SSSR count). The average molecular weight is 340 g/mol. The van der Waals surface area contributed by atoms with Crippen molar-refractivity contribution in [2.24, 2.45) is 0 Å². The van der Waals surface area contributed by atoms with Crippen LogP contribution in [0.25, 0.3) is 0 Å². The quantitative estimate of drug-likeness (QED) is 0.858. The molecule has 0 unspecified atom stereocenters. The van der Waals surface area contributed by atoms with Gasteiger partial charge in [-0.15, -0.1) is 0 Å². The van der Waals surface area contributed by atoms with Crippen LogP contribution in [0.1, 0.15) is 40.6 Å². The first-order valence-electron chi connectivity index (χ1n) is 8.36. The van der Waals surface area contributed by atoms with Crippen LogP contribution in [0.2, 0.25) is 0 Å². The van der Waals surface area contributed by atoms with Crippen molar-refractivity contribution in [2.75, 3.05) is 31.1 Å². The summed E-state index contributed by atoms with van der Waals surface area (Å²) in [5.41, 5.74) is 1.62. The van der Waals surface area contributed by atoms with E-state index in [-0.39, 0.29) is 11.7 Å². The van der Waals surface area contributed by atoms with E-state index in [0.29, 0.717) is 43.3 Å². The molecule has 1 aromatic carbocycles. The smallest absolute Gasteiger partial charge is 0.292 e. The van der Waals surface area contributed by atoms with Crippen LogP contribution < -0.4 is 4.90 Å².